The smallest absolute Gasteiger partial charge is 0.192 e. The lowest BCUT2D eigenvalue weighted by molar-refractivity contribution is 0.0908. The highest BCUT2D eigenvalue weighted by atomic mass is 16.5. The Balaban J connectivity index is 1.34. The van der Waals surface area contributed by atoms with Crippen LogP contribution in [-0.2, 0) is 0 Å². The van der Waals surface area contributed by atoms with Crippen LogP contribution in [0.2, 0.25) is 0 Å². The Hall–Kier alpha value is -3.51. The zero-order valence-electron chi connectivity index (χ0n) is 20.8. The molecule has 6 rings (SSSR count). The van der Waals surface area contributed by atoms with Gasteiger partial charge in [-0.15, -0.1) is 0 Å². The highest BCUT2D eigenvalue weighted by Gasteiger charge is 2.46. The summed E-state index contributed by atoms with van der Waals surface area (Å²) in [5, 5.41) is 3.49. The van der Waals surface area contributed by atoms with Crippen molar-refractivity contribution in [2.24, 2.45) is 16.8 Å². The predicted octanol–water partition coefficient (Wildman–Crippen LogP) is 5.02. The zero-order chi connectivity index (χ0) is 24.8. The van der Waals surface area contributed by atoms with Crippen molar-refractivity contribution in [1.82, 2.24) is 10.2 Å². The van der Waals surface area contributed by atoms with Crippen molar-refractivity contribution in [2.75, 3.05) is 26.2 Å². The summed E-state index contributed by atoms with van der Waals surface area (Å²) < 4.78 is 6.27. The molecule has 0 saturated carbocycles. The quantitative estimate of drug-likeness (QED) is 0.608. The van der Waals surface area contributed by atoms with Crippen LogP contribution in [0.1, 0.15) is 52.5 Å². The number of piperidine rings is 1. The summed E-state index contributed by atoms with van der Waals surface area (Å²) in [4.78, 5) is 34.8. The number of carbonyl (C=O) groups is 2. The number of allylic oxidation sites excluding steroid dienone is 3. The number of fused-ring (bicyclic) bond motifs is 5. The molecule has 2 aromatic carbocycles. The van der Waals surface area contributed by atoms with Gasteiger partial charge in [0.1, 0.15) is 5.69 Å². The molecule has 2 atom stereocenters. The van der Waals surface area contributed by atoms with Crippen molar-refractivity contribution in [3.8, 4) is 5.75 Å². The van der Waals surface area contributed by atoms with E-state index in [0.29, 0.717) is 51.8 Å². The number of Topliss-reactive ketones (excluding diaryl/α,β-unsaturated/α-hetero) is 2. The molecule has 2 heterocycles. The zero-order valence-corrected chi connectivity index (χ0v) is 20.8. The van der Waals surface area contributed by atoms with Crippen molar-refractivity contribution < 1.29 is 14.3 Å². The van der Waals surface area contributed by atoms with Gasteiger partial charge >= 0.3 is 0 Å². The number of aryl methyl sites for hydroxylation is 1. The number of nitrogens with one attached hydrogen (secondary N) is 1. The number of hydrogen-bond acceptors (Lipinski definition) is 6. The fourth-order valence-corrected chi connectivity index (χ4v) is 5.83. The lowest BCUT2D eigenvalue weighted by Gasteiger charge is -2.34. The Kier molecular flexibility index (Phi) is 5.84. The molecule has 1 N–H and O–H groups in total. The van der Waals surface area contributed by atoms with Crippen molar-refractivity contribution in [2.45, 2.75) is 33.1 Å². The fraction of sp³-hybridized carbons (Fsp3) is 0.367. The summed E-state index contributed by atoms with van der Waals surface area (Å²) in [5.41, 5.74) is 4.33. The molecule has 2 aliphatic carbocycles. The Morgan fingerprint density at radius 2 is 1.97 bits per heavy atom. The van der Waals surface area contributed by atoms with E-state index in [9.17, 15) is 9.59 Å². The average Bonchev–Trinajstić information content (AvgIpc) is 2.88. The lowest BCUT2D eigenvalue weighted by atomic mass is 9.72. The first-order chi connectivity index (χ1) is 17.5. The third-order valence-electron chi connectivity index (χ3n) is 7.61. The number of aliphatic imine (C=N–C) groups is 1. The number of ketones is 2. The molecule has 0 spiro atoms. The van der Waals surface area contributed by atoms with Gasteiger partial charge in [0.2, 0.25) is 0 Å². The summed E-state index contributed by atoms with van der Waals surface area (Å²) in [6, 6.07) is 12.9. The Bertz CT molecular complexity index is 1350. The fourth-order valence-electron chi connectivity index (χ4n) is 5.83. The molecule has 36 heavy (non-hydrogen) atoms. The Morgan fingerprint density at radius 3 is 2.81 bits per heavy atom. The largest absolute Gasteiger partial charge is 0.453 e. The molecule has 2 aliphatic heterocycles. The first-order valence-electron chi connectivity index (χ1n) is 13.0. The van der Waals surface area contributed by atoms with Gasteiger partial charge in [-0.2, -0.15) is 0 Å². The van der Waals surface area contributed by atoms with Crippen molar-refractivity contribution >= 4 is 23.0 Å². The molecule has 0 bridgehead atoms. The minimum absolute atomic E-state index is 0.106. The van der Waals surface area contributed by atoms with Crippen molar-refractivity contribution in [3.63, 3.8) is 0 Å². The van der Waals surface area contributed by atoms with Gasteiger partial charge in [0, 0.05) is 41.6 Å². The van der Waals surface area contributed by atoms with E-state index >= 15 is 0 Å². The van der Waals surface area contributed by atoms with Gasteiger partial charge in [-0.25, -0.2) is 4.99 Å². The van der Waals surface area contributed by atoms with Crippen LogP contribution >= 0.6 is 0 Å². The Morgan fingerprint density at radius 1 is 1.14 bits per heavy atom. The van der Waals surface area contributed by atoms with E-state index in [1.165, 1.54) is 12.8 Å². The van der Waals surface area contributed by atoms with E-state index in [0.717, 1.165) is 37.5 Å². The van der Waals surface area contributed by atoms with E-state index in [1.54, 1.807) is 18.2 Å². The normalized spacial score (nSPS) is 23.1. The SMILES string of the molecule is Cc1ccc2c(c1)OC1=CC(NCCCN3CCC[C@@H](C)C3)=C3C(=O)c4ccccc4C(=O)C3C1=N2. The minimum atomic E-state index is -0.771. The summed E-state index contributed by atoms with van der Waals surface area (Å²) in [7, 11) is 0. The van der Waals surface area contributed by atoms with E-state index in [1.807, 2.05) is 37.3 Å². The first-order valence-corrected chi connectivity index (χ1v) is 13.0. The molecule has 6 nitrogen and oxygen atoms in total. The highest BCUT2D eigenvalue weighted by molar-refractivity contribution is 6.33. The molecule has 0 amide bonds. The van der Waals surface area contributed by atoms with Crippen molar-refractivity contribution in [1.29, 1.82) is 0 Å². The van der Waals surface area contributed by atoms with Crippen molar-refractivity contribution in [3.05, 3.63) is 82.3 Å². The number of carbonyl (C=O) groups excluding carboxylic acids is 2. The summed E-state index contributed by atoms with van der Waals surface area (Å²) >= 11 is 0. The highest BCUT2D eigenvalue weighted by Crippen LogP contribution is 2.43. The summed E-state index contributed by atoms with van der Waals surface area (Å²) in [6.07, 6.45) is 5.39. The topological polar surface area (TPSA) is 71.0 Å². The van der Waals surface area contributed by atoms with E-state index in [2.05, 4.69) is 17.1 Å². The predicted molar refractivity (Wildman–Crippen MR) is 140 cm³/mol. The van der Waals surface area contributed by atoms with Gasteiger partial charge in [-0.1, -0.05) is 37.3 Å². The second-order valence-corrected chi connectivity index (χ2v) is 10.4. The van der Waals surface area contributed by atoms with Crippen LogP contribution in [0, 0.1) is 18.8 Å². The van der Waals surface area contributed by atoms with E-state index in [4.69, 9.17) is 9.73 Å². The molecule has 4 aliphatic rings. The average molecular weight is 482 g/mol. The van der Waals surface area contributed by atoms with Gasteiger partial charge in [0.25, 0.3) is 0 Å². The van der Waals surface area contributed by atoms with Gasteiger partial charge in [-0.05, 0) is 62.9 Å². The Labute approximate surface area is 211 Å². The number of nitrogens with zero attached hydrogens (tertiary/aromatic N) is 2. The second kappa shape index (κ2) is 9.17. The van der Waals surface area contributed by atoms with Crippen LogP contribution in [0.4, 0.5) is 5.69 Å². The monoisotopic (exact) mass is 481 g/mol. The second-order valence-electron chi connectivity index (χ2n) is 10.4. The molecule has 1 unspecified atom stereocenters. The third kappa shape index (κ3) is 3.99. The maximum atomic E-state index is 13.7. The van der Waals surface area contributed by atoms with Gasteiger partial charge < -0.3 is 15.0 Å². The lowest BCUT2D eigenvalue weighted by Crippen LogP contribution is -2.42. The number of ether oxygens (including phenoxy) is 1. The summed E-state index contributed by atoms with van der Waals surface area (Å²) in [6.45, 7) is 8.36. The van der Waals surface area contributed by atoms with Crippen LogP contribution in [0.25, 0.3) is 0 Å². The molecular formula is C30H31N3O3. The first kappa shape index (κ1) is 22.9. The van der Waals surface area contributed by atoms with Gasteiger partial charge in [-0.3, -0.25) is 9.59 Å². The molecule has 0 aromatic heterocycles. The maximum Gasteiger partial charge on any atom is 0.192 e. The summed E-state index contributed by atoms with van der Waals surface area (Å²) in [5.74, 6) is 0.962. The standard InChI is InChI=1S/C30H31N3O3/c1-18-10-11-22-24(15-18)36-25-16-23(31-12-6-14-33-13-5-7-19(2)17-33)26-27(28(25)32-22)30(35)21-9-4-3-8-20(21)29(26)34/h3-4,8-11,15-16,19,27,31H,5-7,12-14,17H2,1-2H3/t19-,27?/m1/s1. The molecule has 1 saturated heterocycles. The van der Waals surface area contributed by atoms with Crippen LogP contribution in [0.15, 0.2) is 70.6 Å². The van der Waals surface area contributed by atoms with Crippen LogP contribution in [0.5, 0.6) is 5.75 Å². The number of rotatable bonds is 5. The molecule has 2 aromatic rings. The molecule has 184 valence electrons. The van der Waals surface area contributed by atoms with E-state index in [-0.39, 0.29) is 11.6 Å². The molecular weight excluding hydrogens is 450 g/mol. The number of benzene rings is 2. The number of likely N-dealkylation sites (tertiary alicyclic amines) is 1. The van der Waals surface area contributed by atoms with E-state index < -0.39 is 5.92 Å². The van der Waals surface area contributed by atoms with Crippen LogP contribution in [0.3, 0.4) is 0 Å². The minimum Gasteiger partial charge on any atom is -0.453 e. The third-order valence-corrected chi connectivity index (χ3v) is 7.61. The maximum absolute atomic E-state index is 13.7. The van der Waals surface area contributed by atoms with Crippen LogP contribution < -0.4 is 10.1 Å². The van der Waals surface area contributed by atoms with Gasteiger partial charge in [0.05, 0.1) is 11.6 Å². The molecule has 0 radical (unpaired) electrons. The van der Waals surface area contributed by atoms with Gasteiger partial charge in [0.15, 0.2) is 23.1 Å². The molecule has 1 fully saturated rings. The number of hydrogen-bond donors (Lipinski definition) is 1. The molecule has 6 heteroatoms. The van der Waals surface area contributed by atoms with Crippen LogP contribution in [-0.4, -0.2) is 48.4 Å².